The Bertz CT molecular complexity index is 1170. The maximum atomic E-state index is 3.60. The largest absolute Gasteiger partial charge is 4.00 e. The van der Waals surface area contributed by atoms with Crippen molar-refractivity contribution >= 4 is 36.6 Å². The Morgan fingerprint density at radius 1 is 0.744 bits per heavy atom. The van der Waals surface area contributed by atoms with Gasteiger partial charge >= 0.3 is 26.2 Å². The van der Waals surface area contributed by atoms with E-state index in [1.54, 1.807) is 0 Å². The summed E-state index contributed by atoms with van der Waals surface area (Å²) in [6.45, 7) is 12.2. The molecule has 39 heavy (non-hydrogen) atoms. The third-order valence-corrected chi connectivity index (χ3v) is 7.20. The summed E-state index contributed by atoms with van der Waals surface area (Å²) in [5.41, 5.74) is 4.26. The number of benzene rings is 3. The van der Waals surface area contributed by atoms with Gasteiger partial charge in [0.25, 0.3) is 0 Å². The summed E-state index contributed by atoms with van der Waals surface area (Å²) >= 11 is 0. The van der Waals surface area contributed by atoms with Crippen LogP contribution in [0.3, 0.4) is 0 Å². The van der Waals surface area contributed by atoms with Crippen LogP contribution in [0, 0.1) is 13.3 Å². The number of fused-ring (bicyclic) bond motifs is 2. The molecule has 0 aliphatic rings. The summed E-state index contributed by atoms with van der Waals surface area (Å²) in [7, 11) is 2.00. The van der Waals surface area contributed by atoms with Gasteiger partial charge in [-0.15, -0.1) is 81.2 Å². The minimum absolute atomic E-state index is 0. The van der Waals surface area contributed by atoms with E-state index in [9.17, 15) is 0 Å². The second-order valence-electron chi connectivity index (χ2n) is 9.46. The van der Waals surface area contributed by atoms with E-state index in [2.05, 4.69) is 144 Å². The number of unbranched alkanes of at least 4 members (excludes halogenated alkanes) is 2. The molecule has 5 rings (SSSR count). The van der Waals surface area contributed by atoms with Crippen LogP contribution in [0.25, 0.3) is 21.5 Å². The first-order valence-electron chi connectivity index (χ1n) is 14.1. The average Bonchev–Trinajstić information content (AvgIpc) is 3.61. The fraction of sp³-hybridized carbons (Fsp3) is 0.270. The van der Waals surface area contributed by atoms with Crippen LogP contribution in [0.5, 0.6) is 0 Å². The molecular weight excluding hydrogens is 564 g/mol. The number of hydrogen-bond donors (Lipinski definition) is 0. The zero-order valence-corrected chi connectivity index (χ0v) is 28.4. The van der Waals surface area contributed by atoms with Gasteiger partial charge in [-0.25, -0.2) is 0 Å². The van der Waals surface area contributed by atoms with Crippen molar-refractivity contribution in [2.45, 2.75) is 66.2 Å². The van der Waals surface area contributed by atoms with Crippen molar-refractivity contribution in [3.63, 3.8) is 0 Å². The molecule has 0 amide bonds. The van der Waals surface area contributed by atoms with Crippen LogP contribution in [-0.4, -0.2) is 15.0 Å². The van der Waals surface area contributed by atoms with Gasteiger partial charge < -0.3 is 13.3 Å². The van der Waals surface area contributed by atoms with Crippen LogP contribution in [-0.2, 0) is 39.0 Å². The van der Waals surface area contributed by atoms with Crippen molar-refractivity contribution in [2.24, 2.45) is 0 Å². The van der Waals surface area contributed by atoms with Crippen molar-refractivity contribution in [1.29, 1.82) is 0 Å². The van der Waals surface area contributed by atoms with E-state index < -0.39 is 0 Å². The molecule has 0 N–H and O–H groups in total. The van der Waals surface area contributed by atoms with E-state index in [-0.39, 0.29) is 26.2 Å². The molecule has 0 spiro atoms. The molecule has 0 unspecified atom stereocenters. The fourth-order valence-electron chi connectivity index (χ4n) is 3.97. The molecule has 0 saturated carbocycles. The van der Waals surface area contributed by atoms with Crippen LogP contribution in [0.4, 0.5) is 0 Å². The van der Waals surface area contributed by atoms with E-state index in [4.69, 9.17) is 0 Å². The Hall–Kier alpha value is -2.15. The van der Waals surface area contributed by atoms with Gasteiger partial charge in [0.05, 0.1) is 0 Å². The first kappa shape index (κ1) is 34.9. The summed E-state index contributed by atoms with van der Waals surface area (Å²) in [5.74, 6) is 0. The third kappa shape index (κ3) is 12.7. The molecule has 0 heterocycles. The third-order valence-electron chi connectivity index (χ3n) is 6.44. The van der Waals surface area contributed by atoms with Crippen molar-refractivity contribution in [3.8, 4) is 0 Å². The SMILES string of the molecule is CCc1cc2ccccc2[cH-]1.CCc1cc2ccccc2[cH-]1.C[CH-]CCC(=[SiH2])c1ccccc1.[CH2-]CCC.[Zr+4]. The minimum Gasteiger partial charge on any atom is -0.343 e. The predicted octanol–water partition coefficient (Wildman–Crippen LogP) is 9.70. The zero-order valence-electron chi connectivity index (χ0n) is 24.5. The molecule has 0 saturated heterocycles. The van der Waals surface area contributed by atoms with Crippen LogP contribution in [0.15, 0.2) is 103 Å². The minimum atomic E-state index is 0. The summed E-state index contributed by atoms with van der Waals surface area (Å²) in [6, 6.07) is 36.6. The second kappa shape index (κ2) is 20.7. The smallest absolute Gasteiger partial charge is 0.343 e. The van der Waals surface area contributed by atoms with Crippen molar-refractivity contribution in [2.75, 3.05) is 0 Å². The molecule has 0 aliphatic carbocycles. The van der Waals surface area contributed by atoms with Crippen molar-refractivity contribution in [3.05, 3.63) is 133 Å². The van der Waals surface area contributed by atoms with Crippen LogP contribution in [0.2, 0.25) is 0 Å². The summed E-state index contributed by atoms with van der Waals surface area (Å²) < 4.78 is 0. The standard InChI is InChI=1S/C11H15Si.2C11H11.C4H9.Zr/c1-2-3-9-11(12)10-7-5-4-6-8-10;2*1-2-9-7-10-5-3-4-6-11(10)8-9;1-3-4-2;/h2,4-8H,3,9,12H2,1H3;2*3-8H,2H2,1H3;1,3-4H2,2H3;/q4*-1;+4. The van der Waals surface area contributed by atoms with Crippen molar-refractivity contribution < 1.29 is 26.2 Å². The topological polar surface area (TPSA) is 0 Å². The second-order valence-corrected chi connectivity index (χ2v) is 10.3. The first-order valence-corrected chi connectivity index (χ1v) is 14.9. The van der Waals surface area contributed by atoms with E-state index in [1.807, 2.05) is 9.85 Å². The van der Waals surface area contributed by atoms with Gasteiger partial charge in [-0.2, -0.15) is 31.9 Å². The Morgan fingerprint density at radius 3 is 1.56 bits per heavy atom. The van der Waals surface area contributed by atoms with E-state index in [0.29, 0.717) is 0 Å². The number of rotatable bonds is 7. The normalized spacial score (nSPS) is 9.77. The fourth-order valence-corrected chi connectivity index (χ4v) is 4.41. The van der Waals surface area contributed by atoms with Gasteiger partial charge in [-0.1, -0.05) is 81.2 Å². The number of aryl methyl sites for hydroxylation is 2. The Morgan fingerprint density at radius 2 is 1.18 bits per heavy atom. The molecule has 2 heteroatoms. The van der Waals surface area contributed by atoms with Gasteiger partial charge in [0.2, 0.25) is 0 Å². The molecule has 0 nitrogen and oxygen atoms in total. The molecule has 202 valence electrons. The summed E-state index contributed by atoms with van der Waals surface area (Å²) in [4.78, 5) is 0. The van der Waals surface area contributed by atoms with Crippen LogP contribution in [0.1, 0.15) is 70.1 Å². The van der Waals surface area contributed by atoms with E-state index >= 15 is 0 Å². The molecule has 0 radical (unpaired) electrons. The molecule has 0 atom stereocenters. The molecule has 0 aromatic heterocycles. The quantitative estimate of drug-likeness (QED) is 0.127. The van der Waals surface area contributed by atoms with Gasteiger partial charge in [0.1, 0.15) is 0 Å². The molecule has 0 bridgehead atoms. The molecule has 0 aliphatic heterocycles. The van der Waals surface area contributed by atoms with Crippen LogP contribution < -0.4 is 0 Å². The van der Waals surface area contributed by atoms with Gasteiger partial charge in [0.15, 0.2) is 0 Å². The maximum absolute atomic E-state index is 3.60. The summed E-state index contributed by atoms with van der Waals surface area (Å²) in [5, 5.41) is 6.97. The van der Waals surface area contributed by atoms with Crippen molar-refractivity contribution in [1.82, 2.24) is 0 Å². The van der Waals surface area contributed by atoms with E-state index in [0.717, 1.165) is 19.3 Å². The zero-order chi connectivity index (χ0) is 27.6. The van der Waals surface area contributed by atoms with Gasteiger partial charge in [0, 0.05) is 0 Å². The maximum Gasteiger partial charge on any atom is 4.00 e. The Balaban J connectivity index is 0.000000271. The number of hydrogen-bond acceptors (Lipinski definition) is 0. The monoisotopic (exact) mass is 608 g/mol. The molecule has 0 fully saturated rings. The van der Waals surface area contributed by atoms with E-state index in [1.165, 1.54) is 62.7 Å². The first-order chi connectivity index (χ1) is 18.6. The van der Waals surface area contributed by atoms with Crippen LogP contribution >= 0.6 is 0 Å². The Kier molecular flexibility index (Phi) is 18.5. The van der Waals surface area contributed by atoms with Gasteiger partial charge in [-0.05, 0) is 28.3 Å². The van der Waals surface area contributed by atoms with Gasteiger partial charge in [-0.3, -0.25) is 0 Å². The Labute approximate surface area is 260 Å². The molecule has 5 aromatic carbocycles. The summed E-state index contributed by atoms with van der Waals surface area (Å²) in [6.07, 6.45) is 9.15. The molecule has 5 aromatic rings. The molecular formula is C37H46SiZr. The average molecular weight is 610 g/mol. The predicted molar refractivity (Wildman–Crippen MR) is 176 cm³/mol.